The van der Waals surface area contributed by atoms with Gasteiger partial charge in [-0.2, -0.15) is 0 Å². The smallest absolute Gasteiger partial charge is 0.149 e. The molecule has 5 aromatic rings. The average molecular weight is 472 g/mol. The lowest BCUT2D eigenvalue weighted by molar-refractivity contribution is -0.0380. The van der Waals surface area contributed by atoms with Crippen LogP contribution in [0.2, 0.25) is 0 Å². The SMILES string of the molecule is C=CC1C[N+]2(c3c4ccccc4cc4ccccc34)CCC1CC2[C@H](O)c1ccnc2ccccc12. The fraction of sp³-hybridized carbons (Fsp3) is 0.242. The van der Waals surface area contributed by atoms with Crippen molar-refractivity contribution < 1.29 is 5.11 Å². The van der Waals surface area contributed by atoms with E-state index in [9.17, 15) is 5.11 Å². The Balaban J connectivity index is 1.50. The molecule has 0 saturated carbocycles. The molecule has 3 nitrogen and oxygen atoms in total. The highest BCUT2D eigenvalue weighted by molar-refractivity contribution is 6.10. The summed E-state index contributed by atoms with van der Waals surface area (Å²) in [5.41, 5.74) is 3.31. The first-order chi connectivity index (χ1) is 17.7. The fourth-order valence-electron chi connectivity index (χ4n) is 7.42. The number of benzene rings is 4. The molecule has 0 aliphatic carbocycles. The third-order valence-corrected chi connectivity index (χ3v) is 9.08. The summed E-state index contributed by atoms with van der Waals surface area (Å²) >= 11 is 0. The van der Waals surface area contributed by atoms with Crippen molar-refractivity contribution in [3.63, 3.8) is 0 Å². The largest absolute Gasteiger partial charge is 0.382 e. The number of aliphatic hydroxyl groups excluding tert-OH is 1. The van der Waals surface area contributed by atoms with Crippen molar-refractivity contribution >= 4 is 38.1 Å². The van der Waals surface area contributed by atoms with Gasteiger partial charge in [-0.1, -0.05) is 60.7 Å². The van der Waals surface area contributed by atoms with Crippen LogP contribution in [-0.4, -0.2) is 29.2 Å². The van der Waals surface area contributed by atoms with Gasteiger partial charge in [-0.05, 0) is 52.6 Å². The zero-order chi connectivity index (χ0) is 24.3. The van der Waals surface area contributed by atoms with E-state index in [1.165, 1.54) is 27.2 Å². The van der Waals surface area contributed by atoms with Gasteiger partial charge in [0.2, 0.25) is 0 Å². The molecule has 3 saturated heterocycles. The molecule has 3 aliphatic rings. The number of quaternary nitrogens is 1. The minimum Gasteiger partial charge on any atom is -0.382 e. The Morgan fingerprint density at radius 3 is 2.28 bits per heavy atom. The molecule has 4 heterocycles. The third-order valence-electron chi connectivity index (χ3n) is 9.08. The number of piperidine rings is 3. The Labute approximate surface area is 211 Å². The van der Waals surface area contributed by atoms with E-state index in [1.807, 2.05) is 30.5 Å². The molecule has 4 unspecified atom stereocenters. The molecule has 1 N–H and O–H groups in total. The molecule has 178 valence electrons. The summed E-state index contributed by atoms with van der Waals surface area (Å²) < 4.78 is 0.798. The number of para-hydroxylation sites is 1. The van der Waals surface area contributed by atoms with E-state index in [4.69, 9.17) is 0 Å². The van der Waals surface area contributed by atoms with Gasteiger partial charge in [-0.25, -0.2) is 0 Å². The van der Waals surface area contributed by atoms with Crippen molar-refractivity contribution in [1.82, 2.24) is 9.47 Å². The zero-order valence-corrected chi connectivity index (χ0v) is 20.4. The summed E-state index contributed by atoms with van der Waals surface area (Å²) in [5, 5.41) is 18.4. The van der Waals surface area contributed by atoms with E-state index >= 15 is 0 Å². The van der Waals surface area contributed by atoms with E-state index in [1.54, 1.807) is 0 Å². The minimum absolute atomic E-state index is 0.0694. The zero-order valence-electron chi connectivity index (χ0n) is 20.4. The Morgan fingerprint density at radius 1 is 0.889 bits per heavy atom. The summed E-state index contributed by atoms with van der Waals surface area (Å²) in [5.74, 6) is 1.02. The molecule has 4 aromatic carbocycles. The van der Waals surface area contributed by atoms with E-state index in [0.717, 1.165) is 46.9 Å². The maximum Gasteiger partial charge on any atom is 0.149 e. The predicted octanol–water partition coefficient (Wildman–Crippen LogP) is 7.18. The highest BCUT2D eigenvalue weighted by Gasteiger charge is 2.56. The maximum atomic E-state index is 12.2. The predicted molar refractivity (Wildman–Crippen MR) is 150 cm³/mol. The third kappa shape index (κ3) is 3.09. The van der Waals surface area contributed by atoms with Crippen LogP contribution < -0.4 is 4.48 Å². The van der Waals surface area contributed by atoms with Crippen molar-refractivity contribution in [3.05, 3.63) is 109 Å². The lowest BCUT2D eigenvalue weighted by Crippen LogP contribution is -2.69. The van der Waals surface area contributed by atoms with Crippen LogP contribution in [0.5, 0.6) is 0 Å². The Bertz CT molecular complexity index is 1570. The van der Waals surface area contributed by atoms with Gasteiger partial charge in [0.25, 0.3) is 0 Å². The van der Waals surface area contributed by atoms with Gasteiger partial charge >= 0.3 is 0 Å². The first-order valence-corrected chi connectivity index (χ1v) is 13.1. The molecule has 2 bridgehead atoms. The Hall–Kier alpha value is -3.53. The summed E-state index contributed by atoms with van der Waals surface area (Å²) in [6, 6.07) is 30.2. The van der Waals surface area contributed by atoms with Crippen LogP contribution in [0.15, 0.2) is 104 Å². The normalized spacial score (nSPS) is 26.4. The van der Waals surface area contributed by atoms with Gasteiger partial charge < -0.3 is 5.11 Å². The summed E-state index contributed by atoms with van der Waals surface area (Å²) in [6.45, 7) is 6.26. The Kier molecular flexibility index (Phi) is 4.99. The molecule has 1 aromatic heterocycles. The second-order valence-electron chi connectivity index (χ2n) is 10.7. The molecular weight excluding hydrogens is 440 g/mol. The number of aromatic nitrogens is 1. The number of hydrogen-bond acceptors (Lipinski definition) is 2. The molecule has 0 radical (unpaired) electrons. The van der Waals surface area contributed by atoms with Gasteiger partial charge in [0.05, 0.1) is 18.6 Å². The number of hydrogen-bond donors (Lipinski definition) is 1. The quantitative estimate of drug-likeness (QED) is 0.171. The Morgan fingerprint density at radius 2 is 1.56 bits per heavy atom. The molecule has 3 fully saturated rings. The lowest BCUT2D eigenvalue weighted by Gasteiger charge is -2.58. The van der Waals surface area contributed by atoms with Crippen LogP contribution >= 0.6 is 0 Å². The van der Waals surface area contributed by atoms with Crippen LogP contribution in [0.3, 0.4) is 0 Å². The second kappa shape index (κ2) is 8.26. The second-order valence-corrected chi connectivity index (χ2v) is 10.7. The fourth-order valence-corrected chi connectivity index (χ4v) is 7.42. The van der Waals surface area contributed by atoms with Crippen molar-refractivity contribution in [2.24, 2.45) is 11.8 Å². The number of aliphatic hydroxyl groups is 1. The van der Waals surface area contributed by atoms with E-state index in [-0.39, 0.29) is 6.04 Å². The lowest BCUT2D eigenvalue weighted by atomic mass is 9.70. The van der Waals surface area contributed by atoms with Gasteiger partial charge in [0.1, 0.15) is 17.8 Å². The van der Waals surface area contributed by atoms with E-state index in [0.29, 0.717) is 11.8 Å². The van der Waals surface area contributed by atoms with Crippen molar-refractivity contribution in [1.29, 1.82) is 0 Å². The molecule has 0 amide bonds. The van der Waals surface area contributed by atoms with Crippen LogP contribution in [-0.2, 0) is 0 Å². The monoisotopic (exact) mass is 471 g/mol. The number of rotatable bonds is 4. The summed E-state index contributed by atoms with van der Waals surface area (Å²) in [4.78, 5) is 4.57. The van der Waals surface area contributed by atoms with Crippen molar-refractivity contribution in [2.45, 2.75) is 25.0 Å². The molecule has 3 heteroatoms. The average Bonchev–Trinajstić information content (AvgIpc) is 2.95. The number of fused-ring (bicyclic) bond motifs is 6. The van der Waals surface area contributed by atoms with Crippen LogP contribution in [0.25, 0.3) is 32.4 Å². The highest BCUT2D eigenvalue weighted by Crippen LogP contribution is 2.53. The molecular formula is C33H31N2O+. The van der Waals surface area contributed by atoms with E-state index in [2.05, 4.69) is 78.3 Å². The topological polar surface area (TPSA) is 33.1 Å². The molecule has 3 aliphatic heterocycles. The van der Waals surface area contributed by atoms with Crippen molar-refractivity contribution in [2.75, 3.05) is 13.1 Å². The molecule has 36 heavy (non-hydrogen) atoms. The summed E-state index contributed by atoms with van der Waals surface area (Å²) in [7, 11) is 0. The summed E-state index contributed by atoms with van der Waals surface area (Å²) in [6.07, 6.45) is 5.60. The number of pyridine rings is 1. The number of nitrogens with zero attached hydrogens (tertiary/aromatic N) is 2. The van der Waals surface area contributed by atoms with Crippen LogP contribution in [0.1, 0.15) is 24.5 Å². The minimum atomic E-state index is -0.579. The van der Waals surface area contributed by atoms with Crippen LogP contribution in [0, 0.1) is 11.8 Å². The van der Waals surface area contributed by atoms with Gasteiger partial charge in [0.15, 0.2) is 0 Å². The van der Waals surface area contributed by atoms with Crippen molar-refractivity contribution in [3.8, 4) is 0 Å². The highest BCUT2D eigenvalue weighted by atomic mass is 16.3. The van der Waals surface area contributed by atoms with E-state index < -0.39 is 6.10 Å². The molecule has 8 rings (SSSR count). The first-order valence-electron chi connectivity index (χ1n) is 13.1. The van der Waals surface area contributed by atoms with Gasteiger partial charge in [0, 0.05) is 41.1 Å². The first kappa shape index (κ1) is 21.7. The maximum absolute atomic E-state index is 12.2. The molecule has 0 spiro atoms. The standard InChI is InChI=1S/C33H31N2O/c1-2-22-21-35(32-26-11-5-3-9-24(26)19-25-10-4-6-12-27(25)32)18-16-23(22)20-31(35)33(36)29-15-17-34-30-14-8-7-13-28(29)30/h2-15,17,19,22-23,31,33,36H,1,16,18,20-21H2/q+1/t22?,23?,31?,33-,35?/m1/s1. The van der Waals surface area contributed by atoms with Crippen LogP contribution in [0.4, 0.5) is 5.69 Å². The van der Waals surface area contributed by atoms with Gasteiger partial charge in [-0.15, -0.1) is 6.58 Å². The van der Waals surface area contributed by atoms with Gasteiger partial charge in [-0.3, -0.25) is 9.47 Å². The molecule has 5 atom stereocenters.